The Balaban J connectivity index is 1.83. The summed E-state index contributed by atoms with van der Waals surface area (Å²) in [6.07, 6.45) is -8.24. The summed E-state index contributed by atoms with van der Waals surface area (Å²) in [5.41, 5.74) is -1.31. The lowest BCUT2D eigenvalue weighted by Crippen LogP contribution is -2.60. The molecule has 1 fully saturated rings. The molecular weight excluding hydrogens is 472 g/mol. The maximum Gasteiger partial charge on any atom is 0.238 e. The molecule has 4 rings (SSSR count). The second kappa shape index (κ2) is 9.13. The minimum absolute atomic E-state index is 0.0388. The molecule has 13 heteroatoms. The van der Waals surface area contributed by atoms with Crippen LogP contribution in [0, 0.1) is 0 Å². The number of hydrogen-bond donors (Lipinski definition) is 8. The Bertz CT molecular complexity index is 1320. The summed E-state index contributed by atoms with van der Waals surface area (Å²) in [6.45, 7) is -0.724. The number of phenolic OH excluding ortho intramolecular Hbond substituents is 3. The Morgan fingerprint density at radius 3 is 2.29 bits per heavy atom. The number of ether oxygens (including phenoxy) is 3. The largest absolute Gasteiger partial charge is 0.504 e. The van der Waals surface area contributed by atoms with Gasteiger partial charge in [0.15, 0.2) is 28.8 Å². The fraction of sp³-hybridized carbons (Fsp3) is 0.318. The Labute approximate surface area is 195 Å². The Morgan fingerprint density at radius 1 is 0.943 bits per heavy atom. The number of hydrogen-bond acceptors (Lipinski definition) is 13. The van der Waals surface area contributed by atoms with Gasteiger partial charge < -0.3 is 59.5 Å². The highest BCUT2D eigenvalue weighted by Gasteiger charge is 2.45. The third-order valence-electron chi connectivity index (χ3n) is 5.59. The fourth-order valence-electron chi connectivity index (χ4n) is 3.69. The molecule has 2 aromatic carbocycles. The Hall–Kier alpha value is -3.75. The smallest absolute Gasteiger partial charge is 0.238 e. The van der Waals surface area contributed by atoms with Crippen molar-refractivity contribution in [2.24, 2.45) is 0 Å². The molecule has 5 atom stereocenters. The van der Waals surface area contributed by atoms with Gasteiger partial charge in [-0.25, -0.2) is 0 Å². The molecule has 0 saturated carbocycles. The lowest BCUT2D eigenvalue weighted by atomic mass is 9.99. The lowest BCUT2D eigenvalue weighted by molar-refractivity contribution is -0.277. The first-order valence-electron chi connectivity index (χ1n) is 10.2. The van der Waals surface area contributed by atoms with Gasteiger partial charge in [0.2, 0.25) is 23.2 Å². The van der Waals surface area contributed by atoms with Crippen LogP contribution in [0.5, 0.6) is 34.5 Å². The number of benzene rings is 2. The monoisotopic (exact) mass is 494 g/mol. The Kier molecular flexibility index (Phi) is 6.36. The number of rotatable bonds is 5. The van der Waals surface area contributed by atoms with Crippen LogP contribution < -0.4 is 14.9 Å². The van der Waals surface area contributed by atoms with Gasteiger partial charge in [0, 0.05) is 11.6 Å². The predicted octanol–water partition coefficient (Wildman–Crippen LogP) is -0.530. The van der Waals surface area contributed by atoms with Gasteiger partial charge in [0.05, 0.1) is 13.7 Å². The van der Waals surface area contributed by atoms with E-state index >= 15 is 0 Å². The van der Waals surface area contributed by atoms with Crippen LogP contribution in [0.2, 0.25) is 0 Å². The molecule has 0 aliphatic carbocycles. The van der Waals surface area contributed by atoms with Crippen molar-refractivity contribution in [1.29, 1.82) is 0 Å². The van der Waals surface area contributed by atoms with Gasteiger partial charge in [0.1, 0.15) is 35.4 Å². The standard InChI is InChI=1S/C22H22O13/c1-32-11-5-10-13(15(27)18(30)20(33-10)7-2-3-8(24)9(25)4-7)16(28)21(11)35-22-19(31)17(29)14(26)12(6-23)34-22/h2-5,12,14,17,19,22-26,28-31H,6H2,1H3/t12?,14-,17+,19?,22+/m1/s1. The minimum Gasteiger partial charge on any atom is -0.504 e. The van der Waals surface area contributed by atoms with E-state index in [1.807, 2.05) is 0 Å². The van der Waals surface area contributed by atoms with E-state index < -0.39 is 76.9 Å². The fourth-order valence-corrected chi connectivity index (χ4v) is 3.69. The zero-order valence-corrected chi connectivity index (χ0v) is 18.0. The van der Waals surface area contributed by atoms with Crippen molar-refractivity contribution in [3.63, 3.8) is 0 Å². The van der Waals surface area contributed by atoms with E-state index in [4.69, 9.17) is 18.6 Å². The maximum absolute atomic E-state index is 12.9. The zero-order valence-electron chi connectivity index (χ0n) is 18.0. The molecule has 2 heterocycles. The lowest BCUT2D eigenvalue weighted by Gasteiger charge is -2.39. The first kappa shape index (κ1) is 24.4. The van der Waals surface area contributed by atoms with Crippen molar-refractivity contribution in [1.82, 2.24) is 0 Å². The van der Waals surface area contributed by atoms with Crippen molar-refractivity contribution in [2.75, 3.05) is 13.7 Å². The van der Waals surface area contributed by atoms with Gasteiger partial charge >= 0.3 is 0 Å². The van der Waals surface area contributed by atoms with Gasteiger partial charge in [-0.1, -0.05) is 0 Å². The molecule has 1 saturated heterocycles. The van der Waals surface area contributed by atoms with Crippen molar-refractivity contribution >= 4 is 11.0 Å². The van der Waals surface area contributed by atoms with E-state index in [9.17, 15) is 45.6 Å². The molecule has 0 bridgehead atoms. The van der Waals surface area contributed by atoms with E-state index in [1.54, 1.807) is 0 Å². The van der Waals surface area contributed by atoms with Crippen molar-refractivity contribution < 1.29 is 59.5 Å². The summed E-state index contributed by atoms with van der Waals surface area (Å²) in [5.74, 6) is -3.87. The first-order chi connectivity index (χ1) is 16.6. The number of phenols is 3. The summed E-state index contributed by atoms with van der Waals surface area (Å²) in [7, 11) is 1.19. The molecule has 188 valence electrons. The quantitative estimate of drug-likeness (QED) is 0.209. The SMILES string of the molecule is COc1cc2oc(-c3ccc(O)c(O)c3)c(O)c(=O)c2c(O)c1O[C@@H]1OC(CO)[C@@H](O)[C@H](O)C1O. The van der Waals surface area contributed by atoms with Crippen LogP contribution in [0.15, 0.2) is 33.5 Å². The molecule has 0 amide bonds. The van der Waals surface area contributed by atoms with Crippen molar-refractivity contribution in [2.45, 2.75) is 30.7 Å². The summed E-state index contributed by atoms with van der Waals surface area (Å²) < 4.78 is 21.5. The van der Waals surface area contributed by atoms with E-state index in [2.05, 4.69) is 0 Å². The van der Waals surface area contributed by atoms with E-state index in [-0.39, 0.29) is 22.7 Å². The summed E-state index contributed by atoms with van der Waals surface area (Å²) in [5, 5.41) is 79.5. The molecule has 3 aromatic rings. The molecule has 1 aromatic heterocycles. The number of aromatic hydroxyl groups is 4. The van der Waals surface area contributed by atoms with Crippen LogP contribution >= 0.6 is 0 Å². The predicted molar refractivity (Wildman–Crippen MR) is 116 cm³/mol. The highest BCUT2D eigenvalue weighted by Crippen LogP contribution is 2.45. The van der Waals surface area contributed by atoms with Gasteiger partial charge in [-0.3, -0.25) is 4.79 Å². The van der Waals surface area contributed by atoms with Gasteiger partial charge in [-0.05, 0) is 18.2 Å². The number of fused-ring (bicyclic) bond motifs is 1. The molecule has 2 unspecified atom stereocenters. The van der Waals surface area contributed by atoms with Crippen LogP contribution in [0.3, 0.4) is 0 Å². The summed E-state index contributed by atoms with van der Waals surface area (Å²) in [4.78, 5) is 12.9. The molecule has 1 aliphatic rings. The third kappa shape index (κ3) is 4.05. The van der Waals surface area contributed by atoms with Gasteiger partial charge in [-0.15, -0.1) is 0 Å². The third-order valence-corrected chi connectivity index (χ3v) is 5.59. The highest BCUT2D eigenvalue weighted by atomic mass is 16.7. The molecule has 0 radical (unpaired) electrons. The van der Waals surface area contributed by atoms with Crippen LogP contribution in [-0.4, -0.2) is 85.3 Å². The van der Waals surface area contributed by atoms with E-state index in [0.29, 0.717) is 0 Å². The number of aliphatic hydroxyl groups is 4. The van der Waals surface area contributed by atoms with Gasteiger partial charge in [-0.2, -0.15) is 0 Å². The summed E-state index contributed by atoms with van der Waals surface area (Å²) >= 11 is 0. The Morgan fingerprint density at radius 2 is 1.66 bits per heavy atom. The molecule has 0 spiro atoms. The average molecular weight is 494 g/mol. The molecular formula is C22H22O13. The second-order valence-corrected chi connectivity index (χ2v) is 7.76. The maximum atomic E-state index is 12.9. The first-order valence-corrected chi connectivity index (χ1v) is 10.2. The van der Waals surface area contributed by atoms with Crippen molar-refractivity contribution in [3.8, 4) is 45.8 Å². The van der Waals surface area contributed by atoms with Crippen LogP contribution in [0.25, 0.3) is 22.3 Å². The molecule has 1 aliphatic heterocycles. The molecule has 35 heavy (non-hydrogen) atoms. The summed E-state index contributed by atoms with van der Waals surface area (Å²) in [6, 6.07) is 4.57. The zero-order chi connectivity index (χ0) is 25.6. The number of aliphatic hydroxyl groups excluding tert-OH is 4. The van der Waals surface area contributed by atoms with Crippen LogP contribution in [-0.2, 0) is 4.74 Å². The average Bonchev–Trinajstić information content (AvgIpc) is 2.84. The van der Waals surface area contributed by atoms with Crippen molar-refractivity contribution in [3.05, 3.63) is 34.5 Å². The van der Waals surface area contributed by atoms with Gasteiger partial charge in [0.25, 0.3) is 0 Å². The molecule has 8 N–H and O–H groups in total. The number of methoxy groups -OCH3 is 1. The second-order valence-electron chi connectivity index (χ2n) is 7.76. The highest BCUT2D eigenvalue weighted by molar-refractivity contribution is 5.91. The normalized spacial score (nSPS) is 24.4. The van der Waals surface area contributed by atoms with Crippen LogP contribution in [0.4, 0.5) is 0 Å². The van der Waals surface area contributed by atoms with Crippen LogP contribution in [0.1, 0.15) is 0 Å². The molecule has 13 nitrogen and oxygen atoms in total. The topological polar surface area (TPSA) is 220 Å². The minimum atomic E-state index is -1.82. The van der Waals surface area contributed by atoms with E-state index in [1.165, 1.54) is 13.2 Å². The van der Waals surface area contributed by atoms with E-state index in [0.717, 1.165) is 18.2 Å².